The topological polar surface area (TPSA) is 377 Å². The Bertz CT molecular complexity index is 3290. The molecular weight excluding hydrogens is 1070 g/mol. The number of benzene rings is 4. The third-order valence-corrected chi connectivity index (χ3v) is 14.7. The van der Waals surface area contributed by atoms with Crippen molar-refractivity contribution < 1.29 is 47.9 Å². The van der Waals surface area contributed by atoms with E-state index in [4.69, 9.17) is 17.2 Å². The number of H-pyrrole nitrogens is 2. The van der Waals surface area contributed by atoms with Gasteiger partial charge in [-0.1, -0.05) is 111 Å². The summed E-state index contributed by atoms with van der Waals surface area (Å²) in [6.07, 6.45) is 3.21. The van der Waals surface area contributed by atoms with Crippen molar-refractivity contribution in [1.29, 1.82) is 0 Å². The molecule has 0 radical (unpaired) electrons. The molecule has 0 aliphatic carbocycles. The number of aromatic amines is 2. The first-order chi connectivity index (χ1) is 40.3. The van der Waals surface area contributed by atoms with E-state index in [1.807, 2.05) is 62.4 Å². The normalized spacial score (nSPS) is 15.5. The van der Waals surface area contributed by atoms with Crippen LogP contribution in [0.1, 0.15) is 81.0 Å². The van der Waals surface area contributed by atoms with E-state index in [9.17, 15) is 38.4 Å². The Morgan fingerprint density at radius 3 is 1.29 bits per heavy atom. The smallest absolute Gasteiger partial charge is 0.243 e. The lowest BCUT2D eigenvalue weighted by Gasteiger charge is -2.28. The third-order valence-electron chi connectivity index (χ3n) is 14.7. The molecule has 6 aromatic rings. The number of hydrogen-bond donors (Lipinski definition) is 13. The van der Waals surface area contributed by atoms with Gasteiger partial charge in [0.15, 0.2) is 0 Å². The summed E-state index contributed by atoms with van der Waals surface area (Å²) in [5, 5.41) is 23.8. The Morgan fingerprint density at radius 1 is 0.464 bits per heavy atom. The fourth-order valence-corrected chi connectivity index (χ4v) is 10.2. The first-order valence-electron chi connectivity index (χ1n) is 28.2. The summed E-state index contributed by atoms with van der Waals surface area (Å²) in [6.45, 7) is 4.30. The molecular formula is C61H75N13O10. The Hall–Kier alpha value is -9.38. The zero-order valence-electron chi connectivity index (χ0n) is 47.0. The van der Waals surface area contributed by atoms with Crippen molar-refractivity contribution in [2.45, 2.75) is 133 Å². The van der Waals surface area contributed by atoms with Crippen LogP contribution < -0.4 is 59.7 Å². The number of nitrogens with one attached hydrogen (secondary N) is 10. The van der Waals surface area contributed by atoms with E-state index in [1.54, 1.807) is 73.1 Å². The number of primary amides is 3. The van der Waals surface area contributed by atoms with Gasteiger partial charge in [-0.2, -0.15) is 0 Å². The maximum absolute atomic E-state index is 15.1. The van der Waals surface area contributed by atoms with Crippen molar-refractivity contribution in [2.24, 2.45) is 23.1 Å². The Labute approximate surface area is 485 Å². The standard InChI is InChI=1S/C61H75N13O10/c1-35(2)28-48(58(81)70-47(54(64)77)29-36-14-5-3-6-15-36)71-60(83)51(32-39-34-67-43-21-12-10-19-41(39)43)74-59(82)49(30-37-16-7-4-8-17-37)72-61(84)50(31-38-33-66-42-20-11-9-18-40(38)42)73-57(80)46(24-26-53(63)76)69-56(79)45(23-25-52(62)75)68-55(78)44-22-13-27-65-44/h3-12,14-21,33-35,44-51,65-67H,13,22-32H2,1-2H3,(H2,62,75)(H2,63,76)(H2,64,77)(H,68,78)(H,69,79)(H,70,81)(H,71,83)(H,72,84)(H,73,80)(H,74,82)/t44-,45+,46+,47+,48+,49+,50-,51-/m1/s1. The lowest BCUT2D eigenvalue weighted by Crippen LogP contribution is -2.61. The summed E-state index contributed by atoms with van der Waals surface area (Å²) in [5.41, 5.74) is 20.8. The van der Waals surface area contributed by atoms with E-state index < -0.39 is 107 Å². The molecule has 1 saturated heterocycles. The molecule has 84 heavy (non-hydrogen) atoms. The molecule has 23 heteroatoms. The van der Waals surface area contributed by atoms with Crippen LogP contribution in [0.3, 0.4) is 0 Å². The maximum atomic E-state index is 15.1. The molecule has 1 aliphatic rings. The minimum absolute atomic E-state index is 0.0935. The van der Waals surface area contributed by atoms with Crippen LogP contribution in [0.25, 0.3) is 21.8 Å². The number of para-hydroxylation sites is 2. The number of amides is 10. The molecule has 0 saturated carbocycles. The van der Waals surface area contributed by atoms with Crippen LogP contribution in [-0.2, 0) is 73.6 Å². The monoisotopic (exact) mass is 1150 g/mol. The number of carbonyl (C=O) groups is 10. The SMILES string of the molecule is CC(C)C[C@H](NC(=O)[C@@H](Cc1c[nH]c2ccccc12)NC(=O)[C@H](Cc1ccccc1)NC(=O)[C@@H](Cc1c[nH]c2ccccc12)NC(=O)[C@H](CCC(N)=O)NC(=O)[C@H](CCC(N)=O)NC(=O)[C@H]1CCCN1)C(=O)N[C@@H](Cc1ccccc1)C(N)=O. The molecule has 2 aromatic heterocycles. The molecule has 1 aliphatic heterocycles. The fraction of sp³-hybridized carbons (Fsp3) is 0.377. The lowest BCUT2D eigenvalue weighted by atomic mass is 9.99. The molecule has 10 amide bonds. The first kappa shape index (κ1) is 62.2. The maximum Gasteiger partial charge on any atom is 0.243 e. The second kappa shape index (κ2) is 30.1. The van der Waals surface area contributed by atoms with Crippen molar-refractivity contribution in [3.63, 3.8) is 0 Å². The van der Waals surface area contributed by atoms with Crippen LogP contribution in [0.15, 0.2) is 122 Å². The molecule has 0 bridgehead atoms. The summed E-state index contributed by atoms with van der Waals surface area (Å²) < 4.78 is 0. The average Bonchev–Trinajstić information content (AvgIpc) is 4.28. The zero-order valence-corrected chi connectivity index (χ0v) is 47.0. The second-order valence-electron chi connectivity index (χ2n) is 21.6. The third kappa shape index (κ3) is 18.1. The highest BCUT2D eigenvalue weighted by Gasteiger charge is 2.36. The number of carbonyl (C=O) groups excluding carboxylic acids is 10. The van der Waals surface area contributed by atoms with Gasteiger partial charge in [0.1, 0.15) is 42.3 Å². The molecule has 1 fully saturated rings. The number of rotatable bonds is 31. The van der Waals surface area contributed by atoms with Crippen molar-refractivity contribution in [1.82, 2.24) is 52.5 Å². The quantitative estimate of drug-likeness (QED) is 0.0293. The van der Waals surface area contributed by atoms with Gasteiger partial charge in [0.2, 0.25) is 59.1 Å². The molecule has 444 valence electrons. The number of fused-ring (bicyclic) bond motifs is 2. The van der Waals surface area contributed by atoms with E-state index in [-0.39, 0.29) is 63.7 Å². The van der Waals surface area contributed by atoms with Gasteiger partial charge in [-0.25, -0.2) is 0 Å². The van der Waals surface area contributed by atoms with E-state index in [2.05, 4.69) is 52.5 Å². The highest BCUT2D eigenvalue weighted by atomic mass is 16.2. The van der Waals surface area contributed by atoms with Gasteiger partial charge in [0, 0.05) is 72.7 Å². The van der Waals surface area contributed by atoms with E-state index >= 15 is 9.59 Å². The largest absolute Gasteiger partial charge is 0.370 e. The van der Waals surface area contributed by atoms with Crippen LogP contribution in [0, 0.1) is 5.92 Å². The van der Waals surface area contributed by atoms with Crippen LogP contribution >= 0.6 is 0 Å². The molecule has 0 unspecified atom stereocenters. The number of hydrogen-bond acceptors (Lipinski definition) is 11. The molecule has 16 N–H and O–H groups in total. The molecule has 3 heterocycles. The summed E-state index contributed by atoms with van der Waals surface area (Å²) in [6, 6.07) is 22.3. The van der Waals surface area contributed by atoms with Gasteiger partial charge >= 0.3 is 0 Å². The van der Waals surface area contributed by atoms with Crippen LogP contribution in [0.2, 0.25) is 0 Å². The molecule has 23 nitrogen and oxygen atoms in total. The Kier molecular flexibility index (Phi) is 22.3. The van der Waals surface area contributed by atoms with Crippen molar-refractivity contribution >= 4 is 80.9 Å². The molecule has 4 aromatic carbocycles. The van der Waals surface area contributed by atoms with Gasteiger partial charge in [-0.15, -0.1) is 0 Å². The highest BCUT2D eigenvalue weighted by molar-refractivity contribution is 5.99. The minimum Gasteiger partial charge on any atom is -0.370 e. The zero-order chi connectivity index (χ0) is 60.3. The predicted molar refractivity (Wildman–Crippen MR) is 314 cm³/mol. The summed E-state index contributed by atoms with van der Waals surface area (Å²) >= 11 is 0. The van der Waals surface area contributed by atoms with Gasteiger partial charge in [0.25, 0.3) is 0 Å². The summed E-state index contributed by atoms with van der Waals surface area (Å²) in [4.78, 5) is 144. The first-order valence-corrected chi connectivity index (χ1v) is 28.2. The van der Waals surface area contributed by atoms with Crippen molar-refractivity contribution in [3.8, 4) is 0 Å². The van der Waals surface area contributed by atoms with Crippen LogP contribution in [0.5, 0.6) is 0 Å². The average molecular weight is 1150 g/mol. The Morgan fingerprint density at radius 2 is 0.845 bits per heavy atom. The number of aromatic nitrogens is 2. The molecule has 0 spiro atoms. The Balaban J connectivity index is 1.19. The highest BCUT2D eigenvalue weighted by Crippen LogP contribution is 2.22. The van der Waals surface area contributed by atoms with Gasteiger partial charge in [-0.05, 0) is 79.0 Å². The molecule has 8 atom stereocenters. The summed E-state index contributed by atoms with van der Waals surface area (Å²) in [7, 11) is 0. The second-order valence-corrected chi connectivity index (χ2v) is 21.6. The molecule has 7 rings (SSSR count). The lowest BCUT2D eigenvalue weighted by molar-refractivity contribution is -0.136. The van der Waals surface area contributed by atoms with Crippen molar-refractivity contribution in [3.05, 3.63) is 144 Å². The van der Waals surface area contributed by atoms with E-state index in [0.717, 1.165) is 28.4 Å². The van der Waals surface area contributed by atoms with Crippen LogP contribution in [-0.4, -0.2) is 124 Å². The number of nitrogens with two attached hydrogens (primary N) is 3. The fourth-order valence-electron chi connectivity index (χ4n) is 10.2. The van der Waals surface area contributed by atoms with Gasteiger partial charge in [-0.3, -0.25) is 47.9 Å². The van der Waals surface area contributed by atoms with Gasteiger partial charge < -0.3 is 69.7 Å². The van der Waals surface area contributed by atoms with Gasteiger partial charge in [0.05, 0.1) is 6.04 Å². The minimum atomic E-state index is -1.53. The van der Waals surface area contributed by atoms with E-state index in [1.165, 1.54) is 0 Å². The van der Waals surface area contributed by atoms with E-state index in [0.29, 0.717) is 35.0 Å². The van der Waals surface area contributed by atoms with Crippen molar-refractivity contribution in [2.75, 3.05) is 6.54 Å². The van der Waals surface area contributed by atoms with Crippen LogP contribution in [0.4, 0.5) is 0 Å². The summed E-state index contributed by atoms with van der Waals surface area (Å²) in [5.74, 6) is -7.86. The predicted octanol–water partition coefficient (Wildman–Crippen LogP) is 1.13.